The molecule has 1 fully saturated rings. The fourth-order valence-electron chi connectivity index (χ4n) is 3.63. The number of carbonyl (C=O) groups excluding carboxylic acids is 1. The highest BCUT2D eigenvalue weighted by Gasteiger charge is 2.36. The van der Waals surface area contributed by atoms with Crippen molar-refractivity contribution in [3.63, 3.8) is 0 Å². The Labute approximate surface area is 190 Å². The summed E-state index contributed by atoms with van der Waals surface area (Å²) in [4.78, 5) is 12.0. The summed E-state index contributed by atoms with van der Waals surface area (Å²) in [6.45, 7) is 3.66. The molecule has 0 aromatic heterocycles. The van der Waals surface area contributed by atoms with E-state index in [2.05, 4.69) is 0 Å². The van der Waals surface area contributed by atoms with E-state index in [0.717, 1.165) is 17.7 Å². The third-order valence-electron chi connectivity index (χ3n) is 5.24. The van der Waals surface area contributed by atoms with Crippen LogP contribution in [0.4, 0.5) is 13.2 Å². The first-order valence-corrected chi connectivity index (χ1v) is 11.9. The van der Waals surface area contributed by atoms with Crippen molar-refractivity contribution in [1.82, 2.24) is 0 Å². The summed E-state index contributed by atoms with van der Waals surface area (Å²) in [5.41, 5.74) is 0.509. The number of ether oxygens (including phenoxy) is 2. The van der Waals surface area contributed by atoms with Gasteiger partial charge < -0.3 is 9.47 Å². The van der Waals surface area contributed by atoms with Gasteiger partial charge in [0.2, 0.25) is 0 Å². The highest BCUT2D eigenvalue weighted by Crippen LogP contribution is 2.37. The molecule has 33 heavy (non-hydrogen) atoms. The van der Waals surface area contributed by atoms with E-state index in [-0.39, 0.29) is 30.8 Å². The van der Waals surface area contributed by atoms with Crippen molar-refractivity contribution in [2.45, 2.75) is 62.5 Å². The first-order valence-electron chi connectivity index (χ1n) is 10.5. The van der Waals surface area contributed by atoms with Gasteiger partial charge in [0.1, 0.15) is 0 Å². The summed E-state index contributed by atoms with van der Waals surface area (Å²) in [6, 6.07) is 10.6. The Hall–Kier alpha value is -2.43. The Kier molecular flexibility index (Phi) is 7.81. The number of aryl methyl sites for hydroxylation is 1. The molecule has 0 aliphatic carbocycles. The molecule has 3 atom stereocenters. The standard InChI is InChI=1S/C23H25F3O6S/c1-3-30-22(27)14-18-12-19(32-33(28,29)20-10-4-15(2)5-11-20)13-21(31-18)16-6-8-17(9-7-16)23(24,25)26/h4-11,18-19,21H,3,12-14H2,1-2H3/t18-,19-,21+/m1/s1. The van der Waals surface area contributed by atoms with E-state index >= 15 is 0 Å². The Bertz CT molecular complexity index is 1050. The van der Waals surface area contributed by atoms with Crippen LogP contribution in [0.25, 0.3) is 0 Å². The van der Waals surface area contributed by atoms with Gasteiger partial charge in [-0.3, -0.25) is 8.98 Å². The average Bonchev–Trinajstić information content (AvgIpc) is 2.73. The largest absolute Gasteiger partial charge is 0.466 e. The molecule has 0 saturated carbocycles. The van der Waals surface area contributed by atoms with Crippen molar-refractivity contribution < 1.29 is 40.0 Å². The molecule has 6 nitrogen and oxygen atoms in total. The van der Waals surface area contributed by atoms with E-state index in [9.17, 15) is 26.4 Å². The molecule has 3 rings (SSSR count). The maximum Gasteiger partial charge on any atom is 0.416 e. The number of hydrogen-bond acceptors (Lipinski definition) is 6. The number of carbonyl (C=O) groups is 1. The molecule has 1 heterocycles. The lowest BCUT2D eigenvalue weighted by Gasteiger charge is -2.35. The highest BCUT2D eigenvalue weighted by atomic mass is 32.2. The SMILES string of the molecule is CCOC(=O)C[C@H]1C[C@@H](OS(=O)(=O)c2ccc(C)cc2)C[C@@H](c2ccc(C(F)(F)F)cc2)O1. The van der Waals surface area contributed by atoms with Gasteiger partial charge in [-0.05, 0) is 43.7 Å². The number of rotatable bonds is 7. The molecule has 0 amide bonds. The summed E-state index contributed by atoms with van der Waals surface area (Å²) < 4.78 is 80.6. The summed E-state index contributed by atoms with van der Waals surface area (Å²) in [5, 5.41) is 0. The van der Waals surface area contributed by atoms with Crippen LogP contribution in [0.1, 0.15) is 49.0 Å². The van der Waals surface area contributed by atoms with Crippen molar-refractivity contribution in [3.05, 3.63) is 65.2 Å². The average molecular weight is 487 g/mol. The monoisotopic (exact) mass is 486 g/mol. The second-order valence-electron chi connectivity index (χ2n) is 7.83. The zero-order chi connectivity index (χ0) is 24.2. The third-order valence-corrected chi connectivity index (χ3v) is 6.62. The molecule has 2 aromatic rings. The molecule has 0 radical (unpaired) electrons. The minimum absolute atomic E-state index is 0.00684. The molecule has 10 heteroatoms. The van der Waals surface area contributed by atoms with Gasteiger partial charge in [-0.15, -0.1) is 0 Å². The molecule has 180 valence electrons. The van der Waals surface area contributed by atoms with Gasteiger partial charge in [-0.2, -0.15) is 21.6 Å². The van der Waals surface area contributed by atoms with Crippen LogP contribution in [0.15, 0.2) is 53.4 Å². The predicted octanol–water partition coefficient (Wildman–Crippen LogP) is 4.96. The van der Waals surface area contributed by atoms with Gasteiger partial charge in [0.15, 0.2) is 0 Å². The molecular formula is C23H25F3O6S. The van der Waals surface area contributed by atoms with Gasteiger partial charge in [0.05, 0.1) is 41.8 Å². The van der Waals surface area contributed by atoms with Crippen molar-refractivity contribution in [2.24, 2.45) is 0 Å². The molecular weight excluding hydrogens is 461 g/mol. The van der Waals surface area contributed by atoms with E-state index in [0.29, 0.717) is 5.56 Å². The van der Waals surface area contributed by atoms with Crippen molar-refractivity contribution in [1.29, 1.82) is 0 Å². The predicted molar refractivity (Wildman–Crippen MR) is 113 cm³/mol. The zero-order valence-corrected chi connectivity index (χ0v) is 19.0. The van der Waals surface area contributed by atoms with Crippen molar-refractivity contribution in [2.75, 3.05) is 6.61 Å². The van der Waals surface area contributed by atoms with Crippen LogP contribution in [0.3, 0.4) is 0 Å². The van der Waals surface area contributed by atoms with Crippen LogP contribution in [0, 0.1) is 6.92 Å². The van der Waals surface area contributed by atoms with Crippen molar-refractivity contribution >= 4 is 16.1 Å². The summed E-state index contributed by atoms with van der Waals surface area (Å²) in [7, 11) is -4.09. The topological polar surface area (TPSA) is 78.9 Å². The smallest absolute Gasteiger partial charge is 0.416 e. The van der Waals surface area contributed by atoms with E-state index in [4.69, 9.17) is 13.7 Å². The molecule has 0 spiro atoms. The van der Waals surface area contributed by atoms with Crippen LogP contribution in [-0.2, 0) is 34.7 Å². The summed E-state index contributed by atoms with van der Waals surface area (Å²) >= 11 is 0. The van der Waals surface area contributed by atoms with Gasteiger partial charge in [-0.25, -0.2) is 0 Å². The lowest BCUT2D eigenvalue weighted by Crippen LogP contribution is -2.36. The number of halogens is 3. The number of hydrogen-bond donors (Lipinski definition) is 0. The van der Waals surface area contributed by atoms with Gasteiger partial charge in [0.25, 0.3) is 10.1 Å². The van der Waals surface area contributed by atoms with Crippen LogP contribution in [0.5, 0.6) is 0 Å². The van der Waals surface area contributed by atoms with E-state index in [1.165, 1.54) is 24.3 Å². The lowest BCUT2D eigenvalue weighted by molar-refractivity contribution is -0.152. The van der Waals surface area contributed by atoms with Gasteiger partial charge in [-0.1, -0.05) is 29.8 Å². The fraction of sp³-hybridized carbons (Fsp3) is 0.435. The van der Waals surface area contributed by atoms with Crippen LogP contribution < -0.4 is 0 Å². The molecule has 0 unspecified atom stereocenters. The maximum atomic E-state index is 12.9. The molecule has 1 aliphatic heterocycles. The zero-order valence-electron chi connectivity index (χ0n) is 18.2. The van der Waals surface area contributed by atoms with Gasteiger partial charge >= 0.3 is 12.1 Å². The van der Waals surface area contributed by atoms with E-state index in [1.807, 2.05) is 6.92 Å². The molecule has 1 saturated heterocycles. The Morgan fingerprint density at radius 1 is 1.06 bits per heavy atom. The van der Waals surface area contributed by atoms with Crippen molar-refractivity contribution in [3.8, 4) is 0 Å². The van der Waals surface area contributed by atoms with E-state index in [1.54, 1.807) is 19.1 Å². The molecule has 2 aromatic carbocycles. The quantitative estimate of drug-likeness (QED) is 0.407. The number of benzene rings is 2. The third kappa shape index (κ3) is 6.78. The lowest BCUT2D eigenvalue weighted by atomic mass is 9.94. The second-order valence-corrected chi connectivity index (χ2v) is 9.40. The minimum atomic E-state index is -4.48. The maximum absolute atomic E-state index is 12.9. The first-order chi connectivity index (χ1) is 15.5. The van der Waals surface area contributed by atoms with Crippen LogP contribution in [0.2, 0.25) is 0 Å². The number of esters is 1. The summed E-state index contributed by atoms with van der Waals surface area (Å²) in [6.07, 6.45) is -6.71. The normalized spacial score (nSPS) is 21.5. The molecule has 0 bridgehead atoms. The Morgan fingerprint density at radius 2 is 1.70 bits per heavy atom. The first kappa shape index (κ1) is 25.2. The van der Waals surface area contributed by atoms with Crippen LogP contribution >= 0.6 is 0 Å². The highest BCUT2D eigenvalue weighted by molar-refractivity contribution is 7.86. The number of alkyl halides is 3. The molecule has 1 aliphatic rings. The molecule has 0 N–H and O–H groups in total. The Balaban J connectivity index is 1.82. The fourth-order valence-corrected chi connectivity index (χ4v) is 4.72. The van der Waals surface area contributed by atoms with E-state index < -0.39 is 46.1 Å². The van der Waals surface area contributed by atoms with Gasteiger partial charge in [0, 0.05) is 12.8 Å². The minimum Gasteiger partial charge on any atom is -0.466 e. The summed E-state index contributed by atoms with van der Waals surface area (Å²) in [5.74, 6) is -0.518. The second kappa shape index (κ2) is 10.2. The van der Waals surface area contributed by atoms with Crippen LogP contribution in [-0.4, -0.2) is 33.2 Å². The Morgan fingerprint density at radius 3 is 2.27 bits per heavy atom.